The Morgan fingerprint density at radius 2 is 2.14 bits per heavy atom. The monoisotopic (exact) mass is 230 g/mol. The summed E-state index contributed by atoms with van der Waals surface area (Å²) in [5.41, 5.74) is 1.61. The van der Waals surface area contributed by atoms with Crippen molar-refractivity contribution >= 4 is 23.2 Å². The molecule has 0 bridgehead atoms. The lowest BCUT2D eigenvalue weighted by molar-refractivity contribution is 0.212. The Kier molecular flexibility index (Phi) is 3.99. The summed E-state index contributed by atoms with van der Waals surface area (Å²) in [6.07, 6.45) is -0.0700. The minimum Gasteiger partial charge on any atom is -0.388 e. The number of hydrogen-bond acceptors (Lipinski definition) is 1. The summed E-state index contributed by atoms with van der Waals surface area (Å²) in [4.78, 5) is 0. The first-order valence-corrected chi connectivity index (χ1v) is 5.03. The SMILES string of the molecule is C=C(C)C(O)Cc1ccc(Cl)cc1Cl. The van der Waals surface area contributed by atoms with Crippen LogP contribution in [0.5, 0.6) is 0 Å². The topological polar surface area (TPSA) is 20.2 Å². The Balaban J connectivity index is 2.82. The molecule has 0 radical (unpaired) electrons. The molecule has 1 aromatic carbocycles. The molecule has 0 amide bonds. The number of halogens is 2. The van der Waals surface area contributed by atoms with Crippen LogP contribution >= 0.6 is 23.2 Å². The van der Waals surface area contributed by atoms with Crippen LogP contribution in [-0.2, 0) is 6.42 Å². The minimum absolute atomic E-state index is 0.478. The van der Waals surface area contributed by atoms with Gasteiger partial charge in [0.15, 0.2) is 0 Å². The summed E-state index contributed by atoms with van der Waals surface area (Å²) in [5.74, 6) is 0. The molecule has 0 aliphatic rings. The highest BCUT2D eigenvalue weighted by molar-refractivity contribution is 6.35. The summed E-state index contributed by atoms with van der Waals surface area (Å²) in [7, 11) is 0. The average molecular weight is 231 g/mol. The highest BCUT2D eigenvalue weighted by Gasteiger charge is 2.08. The van der Waals surface area contributed by atoms with E-state index >= 15 is 0 Å². The number of rotatable bonds is 3. The Morgan fingerprint density at radius 1 is 1.50 bits per heavy atom. The van der Waals surface area contributed by atoms with E-state index in [2.05, 4.69) is 6.58 Å². The molecule has 0 aromatic heterocycles. The van der Waals surface area contributed by atoms with Gasteiger partial charge in [0.2, 0.25) is 0 Å². The summed E-state index contributed by atoms with van der Waals surface area (Å²) >= 11 is 11.7. The van der Waals surface area contributed by atoms with Gasteiger partial charge in [-0.2, -0.15) is 0 Å². The van der Waals surface area contributed by atoms with Gasteiger partial charge in [0.25, 0.3) is 0 Å². The van der Waals surface area contributed by atoms with Crippen molar-refractivity contribution in [2.45, 2.75) is 19.4 Å². The van der Waals surface area contributed by atoms with Crippen LogP contribution < -0.4 is 0 Å². The molecule has 0 saturated carbocycles. The zero-order chi connectivity index (χ0) is 10.7. The maximum atomic E-state index is 9.58. The van der Waals surface area contributed by atoms with E-state index in [0.717, 1.165) is 11.1 Å². The third kappa shape index (κ3) is 3.02. The second kappa shape index (κ2) is 4.83. The van der Waals surface area contributed by atoms with E-state index in [1.165, 1.54) is 0 Å². The van der Waals surface area contributed by atoms with Gasteiger partial charge in [0, 0.05) is 16.5 Å². The van der Waals surface area contributed by atoms with E-state index in [1.54, 1.807) is 19.1 Å². The lowest BCUT2D eigenvalue weighted by Gasteiger charge is -2.11. The molecule has 1 rings (SSSR count). The van der Waals surface area contributed by atoms with E-state index in [0.29, 0.717) is 16.5 Å². The van der Waals surface area contributed by atoms with Gasteiger partial charge in [-0.15, -0.1) is 0 Å². The van der Waals surface area contributed by atoms with Gasteiger partial charge in [-0.3, -0.25) is 0 Å². The fourth-order valence-corrected chi connectivity index (χ4v) is 1.56. The molecule has 1 atom stereocenters. The molecular formula is C11H12Cl2O. The van der Waals surface area contributed by atoms with Crippen LogP contribution in [0.3, 0.4) is 0 Å². The molecule has 1 aromatic rings. The van der Waals surface area contributed by atoms with Crippen molar-refractivity contribution in [2.75, 3.05) is 0 Å². The van der Waals surface area contributed by atoms with Gasteiger partial charge >= 0.3 is 0 Å². The lowest BCUT2D eigenvalue weighted by atomic mass is 10.0. The highest BCUT2D eigenvalue weighted by Crippen LogP contribution is 2.22. The maximum absolute atomic E-state index is 9.58. The van der Waals surface area contributed by atoms with Crippen molar-refractivity contribution in [3.8, 4) is 0 Å². The Bertz CT molecular complexity index is 347. The summed E-state index contributed by atoms with van der Waals surface area (Å²) in [5, 5.41) is 10.8. The second-order valence-electron chi connectivity index (χ2n) is 3.30. The van der Waals surface area contributed by atoms with Crippen molar-refractivity contribution in [1.29, 1.82) is 0 Å². The smallest absolute Gasteiger partial charge is 0.0785 e. The number of aliphatic hydroxyl groups excluding tert-OH is 1. The molecule has 1 N–H and O–H groups in total. The van der Waals surface area contributed by atoms with Gasteiger partial charge in [0.05, 0.1) is 6.10 Å². The highest BCUT2D eigenvalue weighted by atomic mass is 35.5. The van der Waals surface area contributed by atoms with Crippen molar-refractivity contribution in [3.05, 3.63) is 46.0 Å². The summed E-state index contributed by atoms with van der Waals surface area (Å²) < 4.78 is 0. The van der Waals surface area contributed by atoms with Crippen LogP contribution in [0, 0.1) is 0 Å². The van der Waals surface area contributed by atoms with E-state index in [9.17, 15) is 5.11 Å². The molecule has 14 heavy (non-hydrogen) atoms. The number of hydrogen-bond donors (Lipinski definition) is 1. The third-order valence-corrected chi connectivity index (χ3v) is 2.58. The van der Waals surface area contributed by atoms with Gasteiger partial charge in [-0.05, 0) is 24.6 Å². The first-order valence-electron chi connectivity index (χ1n) is 4.28. The van der Waals surface area contributed by atoms with Gasteiger partial charge < -0.3 is 5.11 Å². The molecule has 76 valence electrons. The zero-order valence-corrected chi connectivity index (χ0v) is 9.44. The standard InChI is InChI=1S/C11H12Cl2O/c1-7(2)11(14)5-8-3-4-9(12)6-10(8)13/h3-4,6,11,14H,1,5H2,2H3. The first-order chi connectivity index (χ1) is 6.50. The maximum Gasteiger partial charge on any atom is 0.0785 e. The van der Waals surface area contributed by atoms with Crippen LogP contribution in [0.4, 0.5) is 0 Å². The van der Waals surface area contributed by atoms with Gasteiger partial charge in [0.1, 0.15) is 0 Å². The van der Waals surface area contributed by atoms with Gasteiger partial charge in [-0.1, -0.05) is 41.4 Å². The predicted octanol–water partition coefficient (Wildman–Crippen LogP) is 3.47. The van der Waals surface area contributed by atoms with E-state index in [4.69, 9.17) is 23.2 Å². The number of benzene rings is 1. The zero-order valence-electron chi connectivity index (χ0n) is 7.93. The normalized spacial score (nSPS) is 12.6. The average Bonchev–Trinajstić information content (AvgIpc) is 2.09. The largest absolute Gasteiger partial charge is 0.388 e. The summed E-state index contributed by atoms with van der Waals surface area (Å²) in [6.45, 7) is 5.47. The molecule has 0 spiro atoms. The van der Waals surface area contributed by atoms with E-state index < -0.39 is 6.10 Å². The Morgan fingerprint density at radius 3 is 2.64 bits per heavy atom. The number of aliphatic hydroxyl groups is 1. The molecule has 1 unspecified atom stereocenters. The quantitative estimate of drug-likeness (QED) is 0.789. The second-order valence-corrected chi connectivity index (χ2v) is 4.15. The Labute approximate surface area is 94.0 Å². The Hall–Kier alpha value is -0.500. The molecule has 0 fully saturated rings. The van der Waals surface area contributed by atoms with Crippen LogP contribution in [-0.4, -0.2) is 11.2 Å². The van der Waals surface area contributed by atoms with E-state index in [-0.39, 0.29) is 0 Å². The predicted molar refractivity (Wildman–Crippen MR) is 61.0 cm³/mol. The molecule has 1 nitrogen and oxygen atoms in total. The summed E-state index contributed by atoms with van der Waals surface area (Å²) in [6, 6.07) is 5.24. The van der Waals surface area contributed by atoms with Crippen LogP contribution in [0.1, 0.15) is 12.5 Å². The fourth-order valence-electron chi connectivity index (χ4n) is 1.07. The molecule has 3 heteroatoms. The molecule has 0 heterocycles. The molecule has 0 aliphatic carbocycles. The van der Waals surface area contributed by atoms with Crippen molar-refractivity contribution in [2.24, 2.45) is 0 Å². The third-order valence-electron chi connectivity index (χ3n) is 2.00. The van der Waals surface area contributed by atoms with E-state index in [1.807, 2.05) is 6.07 Å². The minimum atomic E-state index is -0.548. The van der Waals surface area contributed by atoms with Gasteiger partial charge in [-0.25, -0.2) is 0 Å². The molecular weight excluding hydrogens is 219 g/mol. The lowest BCUT2D eigenvalue weighted by Crippen LogP contribution is -2.11. The van der Waals surface area contributed by atoms with Crippen molar-refractivity contribution < 1.29 is 5.11 Å². The fraction of sp³-hybridized carbons (Fsp3) is 0.273. The van der Waals surface area contributed by atoms with Crippen LogP contribution in [0.15, 0.2) is 30.4 Å². The van der Waals surface area contributed by atoms with Crippen molar-refractivity contribution in [1.82, 2.24) is 0 Å². The van der Waals surface area contributed by atoms with Crippen molar-refractivity contribution in [3.63, 3.8) is 0 Å². The van der Waals surface area contributed by atoms with Crippen LogP contribution in [0.2, 0.25) is 10.0 Å². The van der Waals surface area contributed by atoms with Crippen LogP contribution in [0.25, 0.3) is 0 Å². The molecule has 0 aliphatic heterocycles. The first kappa shape index (κ1) is 11.6. The molecule has 0 saturated heterocycles.